The SMILES string of the molecule is CCCCCC(Oc1ccc(C(=N)N)cc1Br)Oc1ccc(C(=N)N)cc1Br. The Kier molecular flexibility index (Phi) is 8.32. The molecule has 6 N–H and O–H groups in total. The largest absolute Gasteiger partial charge is 0.454 e. The number of hydrogen-bond acceptors (Lipinski definition) is 4. The first-order chi connectivity index (χ1) is 13.3. The first-order valence-electron chi connectivity index (χ1n) is 8.93. The van der Waals surface area contributed by atoms with Gasteiger partial charge in [0.05, 0.1) is 8.95 Å². The van der Waals surface area contributed by atoms with E-state index in [0.717, 1.165) is 25.7 Å². The van der Waals surface area contributed by atoms with Crippen LogP contribution in [-0.4, -0.2) is 18.0 Å². The van der Waals surface area contributed by atoms with Gasteiger partial charge >= 0.3 is 0 Å². The number of benzene rings is 2. The first kappa shape index (κ1) is 22.2. The first-order valence-corrected chi connectivity index (χ1v) is 10.5. The van der Waals surface area contributed by atoms with Crippen molar-refractivity contribution in [2.45, 2.75) is 38.9 Å². The molecule has 0 bridgehead atoms. The Hall–Kier alpha value is -2.06. The second kappa shape index (κ2) is 10.5. The molecule has 0 radical (unpaired) electrons. The van der Waals surface area contributed by atoms with Crippen LogP contribution in [-0.2, 0) is 0 Å². The predicted molar refractivity (Wildman–Crippen MR) is 120 cm³/mol. The highest BCUT2D eigenvalue weighted by Gasteiger charge is 2.17. The van der Waals surface area contributed by atoms with E-state index in [0.29, 0.717) is 31.6 Å². The molecule has 0 heterocycles. The normalized spacial score (nSPS) is 11.7. The number of halogens is 2. The van der Waals surface area contributed by atoms with E-state index in [1.165, 1.54) is 0 Å². The van der Waals surface area contributed by atoms with Crippen molar-refractivity contribution >= 4 is 43.5 Å². The monoisotopic (exact) mass is 510 g/mol. The number of nitrogens with one attached hydrogen (secondary N) is 2. The zero-order valence-electron chi connectivity index (χ0n) is 15.6. The zero-order chi connectivity index (χ0) is 20.7. The fourth-order valence-electron chi connectivity index (χ4n) is 2.51. The molecule has 0 spiro atoms. The van der Waals surface area contributed by atoms with Gasteiger partial charge in [-0.15, -0.1) is 0 Å². The van der Waals surface area contributed by atoms with Gasteiger partial charge in [0, 0.05) is 17.5 Å². The van der Waals surface area contributed by atoms with E-state index >= 15 is 0 Å². The van der Waals surface area contributed by atoms with Gasteiger partial charge in [-0.1, -0.05) is 19.8 Å². The van der Waals surface area contributed by atoms with Crippen molar-refractivity contribution in [2.75, 3.05) is 0 Å². The second-order valence-electron chi connectivity index (χ2n) is 6.28. The van der Waals surface area contributed by atoms with E-state index in [1.807, 2.05) is 0 Å². The summed E-state index contributed by atoms with van der Waals surface area (Å²) in [6, 6.07) is 10.5. The molecule has 0 atom stereocenters. The Labute approximate surface area is 181 Å². The molecule has 0 fully saturated rings. The van der Waals surface area contributed by atoms with Crippen LogP contribution in [0.25, 0.3) is 0 Å². The fourth-order valence-corrected chi connectivity index (χ4v) is 3.46. The van der Waals surface area contributed by atoms with Crippen LogP contribution in [0, 0.1) is 10.8 Å². The van der Waals surface area contributed by atoms with Crippen LogP contribution in [0.3, 0.4) is 0 Å². The number of unbranched alkanes of at least 4 members (excludes halogenated alkanes) is 2. The molecule has 0 saturated heterocycles. The van der Waals surface area contributed by atoms with Crippen LogP contribution < -0.4 is 20.9 Å². The van der Waals surface area contributed by atoms with E-state index in [9.17, 15) is 0 Å². The quantitative estimate of drug-likeness (QED) is 0.153. The molecular formula is C20H24Br2N4O2. The van der Waals surface area contributed by atoms with Gasteiger partial charge in [0.1, 0.15) is 23.2 Å². The summed E-state index contributed by atoms with van der Waals surface area (Å²) in [5, 5.41) is 15.1. The van der Waals surface area contributed by atoms with Gasteiger partial charge in [-0.2, -0.15) is 0 Å². The average Bonchev–Trinajstić information content (AvgIpc) is 2.64. The Morgan fingerprint density at radius 1 is 0.893 bits per heavy atom. The van der Waals surface area contributed by atoms with Crippen molar-refractivity contribution < 1.29 is 9.47 Å². The van der Waals surface area contributed by atoms with E-state index in [1.54, 1.807) is 36.4 Å². The highest BCUT2D eigenvalue weighted by Crippen LogP contribution is 2.31. The summed E-state index contributed by atoms with van der Waals surface area (Å²) in [5.74, 6) is 1.22. The van der Waals surface area contributed by atoms with Crippen molar-refractivity contribution in [1.82, 2.24) is 0 Å². The summed E-state index contributed by atoms with van der Waals surface area (Å²) in [7, 11) is 0. The van der Waals surface area contributed by atoms with E-state index in [4.69, 9.17) is 31.8 Å². The van der Waals surface area contributed by atoms with Crippen LogP contribution in [0.2, 0.25) is 0 Å². The number of nitrogen functional groups attached to an aromatic ring is 2. The topological polar surface area (TPSA) is 118 Å². The van der Waals surface area contributed by atoms with Crippen LogP contribution in [0.5, 0.6) is 11.5 Å². The second-order valence-corrected chi connectivity index (χ2v) is 7.99. The molecule has 0 aliphatic heterocycles. The molecule has 150 valence electrons. The molecule has 28 heavy (non-hydrogen) atoms. The highest BCUT2D eigenvalue weighted by atomic mass is 79.9. The molecule has 0 aliphatic carbocycles. The number of ether oxygens (including phenoxy) is 2. The zero-order valence-corrected chi connectivity index (χ0v) is 18.8. The molecule has 0 amide bonds. The minimum absolute atomic E-state index is 0.00233. The predicted octanol–water partition coefficient (Wildman–Crippen LogP) is 5.14. The third kappa shape index (κ3) is 6.24. The molecule has 0 unspecified atom stereocenters. The van der Waals surface area contributed by atoms with Gasteiger partial charge in [-0.05, 0) is 74.7 Å². The Morgan fingerprint density at radius 3 is 1.71 bits per heavy atom. The lowest BCUT2D eigenvalue weighted by Gasteiger charge is -2.22. The van der Waals surface area contributed by atoms with E-state index < -0.39 is 6.29 Å². The minimum Gasteiger partial charge on any atom is -0.454 e. The fraction of sp³-hybridized carbons (Fsp3) is 0.300. The smallest absolute Gasteiger partial charge is 0.241 e. The van der Waals surface area contributed by atoms with Crippen molar-refractivity contribution in [3.8, 4) is 11.5 Å². The number of hydrogen-bond donors (Lipinski definition) is 4. The maximum Gasteiger partial charge on any atom is 0.241 e. The Bertz CT molecular complexity index is 793. The molecule has 8 heteroatoms. The van der Waals surface area contributed by atoms with E-state index in [-0.39, 0.29) is 11.7 Å². The molecule has 0 aromatic heterocycles. The van der Waals surface area contributed by atoms with E-state index in [2.05, 4.69) is 38.8 Å². The third-order valence-corrected chi connectivity index (χ3v) is 5.29. The summed E-state index contributed by atoms with van der Waals surface area (Å²) < 4.78 is 13.6. The van der Waals surface area contributed by atoms with Crippen LogP contribution >= 0.6 is 31.9 Å². The lowest BCUT2D eigenvalue weighted by atomic mass is 10.2. The maximum absolute atomic E-state index is 7.54. The van der Waals surface area contributed by atoms with Crippen molar-refractivity contribution in [3.05, 3.63) is 56.5 Å². The lowest BCUT2D eigenvalue weighted by Crippen LogP contribution is -2.24. The van der Waals surface area contributed by atoms with Crippen molar-refractivity contribution in [3.63, 3.8) is 0 Å². The molecule has 0 aliphatic rings. The Balaban J connectivity index is 2.20. The van der Waals surface area contributed by atoms with Crippen LogP contribution in [0.15, 0.2) is 45.3 Å². The van der Waals surface area contributed by atoms with Gasteiger partial charge in [0.25, 0.3) is 0 Å². The summed E-state index contributed by atoms with van der Waals surface area (Å²) >= 11 is 6.94. The van der Waals surface area contributed by atoms with Gasteiger partial charge in [-0.25, -0.2) is 0 Å². The van der Waals surface area contributed by atoms with Gasteiger partial charge in [-0.3, -0.25) is 10.8 Å². The molecule has 2 aromatic carbocycles. The summed E-state index contributed by atoms with van der Waals surface area (Å²) in [4.78, 5) is 0. The number of amidine groups is 2. The molecular weight excluding hydrogens is 488 g/mol. The van der Waals surface area contributed by atoms with Crippen LogP contribution in [0.4, 0.5) is 0 Å². The standard InChI is InChI=1S/C20H24Br2N4O2/c1-2-3-4-5-18(27-16-8-6-12(19(23)24)10-14(16)21)28-17-9-7-13(20(25)26)11-15(17)22/h6-11,18H,2-5H2,1H3,(H3,23,24)(H3,25,26). The summed E-state index contributed by atoms with van der Waals surface area (Å²) in [6.07, 6.45) is 3.37. The molecule has 2 aromatic rings. The van der Waals surface area contributed by atoms with Gasteiger partial charge < -0.3 is 20.9 Å². The van der Waals surface area contributed by atoms with Gasteiger partial charge in [0.15, 0.2) is 0 Å². The summed E-state index contributed by atoms with van der Waals surface area (Å²) in [5.41, 5.74) is 12.3. The van der Waals surface area contributed by atoms with Gasteiger partial charge in [0.2, 0.25) is 6.29 Å². The van der Waals surface area contributed by atoms with Crippen molar-refractivity contribution in [2.24, 2.45) is 11.5 Å². The summed E-state index contributed by atoms with van der Waals surface area (Å²) in [6.45, 7) is 2.14. The average molecular weight is 512 g/mol. The Morgan fingerprint density at radius 2 is 1.36 bits per heavy atom. The maximum atomic E-state index is 7.54. The highest BCUT2D eigenvalue weighted by molar-refractivity contribution is 9.10. The number of nitrogens with two attached hydrogens (primary N) is 2. The molecule has 0 saturated carbocycles. The van der Waals surface area contributed by atoms with Crippen LogP contribution in [0.1, 0.15) is 43.7 Å². The molecule has 6 nitrogen and oxygen atoms in total. The molecule has 2 rings (SSSR count). The lowest BCUT2D eigenvalue weighted by molar-refractivity contribution is -0.00348. The minimum atomic E-state index is -0.495. The third-order valence-electron chi connectivity index (χ3n) is 4.05. The van der Waals surface area contributed by atoms with Crippen molar-refractivity contribution in [1.29, 1.82) is 10.8 Å². The number of rotatable bonds is 10.